The summed E-state index contributed by atoms with van der Waals surface area (Å²) >= 11 is 0. The van der Waals surface area contributed by atoms with E-state index in [0.29, 0.717) is 12.8 Å². The molecule has 1 N–H and O–H groups in total. The lowest BCUT2D eigenvalue weighted by Gasteiger charge is -2.08. The second-order valence-corrected chi connectivity index (χ2v) is 4.51. The summed E-state index contributed by atoms with van der Waals surface area (Å²) in [5.74, 6) is -0.192. The maximum Gasteiger partial charge on any atom is 0.411 e. The maximum absolute atomic E-state index is 11.8. The predicted octanol–water partition coefficient (Wildman–Crippen LogP) is 2.62. The molecule has 0 atom stereocenters. The molecule has 3 nitrogen and oxygen atoms in total. The first-order chi connectivity index (χ1) is 9.37. The number of nitrogens with one attached hydrogen (secondary N) is 1. The minimum atomic E-state index is -4.32. The van der Waals surface area contributed by atoms with Gasteiger partial charge in [0.25, 0.3) is 0 Å². The van der Waals surface area contributed by atoms with E-state index in [2.05, 4.69) is 10.1 Å². The van der Waals surface area contributed by atoms with E-state index in [0.717, 1.165) is 11.1 Å². The van der Waals surface area contributed by atoms with Crippen LogP contribution in [0.25, 0.3) is 0 Å². The Morgan fingerprint density at radius 3 is 2.75 bits per heavy atom. The van der Waals surface area contributed by atoms with Crippen molar-refractivity contribution in [1.82, 2.24) is 5.32 Å². The summed E-state index contributed by atoms with van der Waals surface area (Å²) in [6.07, 6.45) is -3.41. The van der Waals surface area contributed by atoms with Crippen LogP contribution in [0.2, 0.25) is 0 Å². The van der Waals surface area contributed by atoms with E-state index in [1.54, 1.807) is 0 Å². The zero-order chi connectivity index (χ0) is 15.0. The SMILES string of the molecule is Cc1cccc(CCC(=O)NCCOCC(F)(F)F)c1. The minimum absolute atomic E-state index is 0.0860. The number of hydrogen-bond acceptors (Lipinski definition) is 2. The van der Waals surface area contributed by atoms with Gasteiger partial charge in [0.05, 0.1) is 6.61 Å². The Bertz CT molecular complexity index is 433. The highest BCUT2D eigenvalue weighted by atomic mass is 19.4. The number of carbonyl (C=O) groups is 1. The maximum atomic E-state index is 11.8. The first-order valence-electron chi connectivity index (χ1n) is 6.33. The second-order valence-electron chi connectivity index (χ2n) is 4.51. The zero-order valence-electron chi connectivity index (χ0n) is 11.3. The Labute approximate surface area is 116 Å². The first kappa shape index (κ1) is 16.5. The average Bonchev–Trinajstić information content (AvgIpc) is 2.35. The average molecular weight is 289 g/mol. The van der Waals surface area contributed by atoms with E-state index < -0.39 is 12.8 Å². The number of alkyl halides is 3. The van der Waals surface area contributed by atoms with Crippen molar-refractivity contribution in [1.29, 1.82) is 0 Å². The van der Waals surface area contributed by atoms with Crippen molar-refractivity contribution in [2.75, 3.05) is 19.8 Å². The van der Waals surface area contributed by atoms with E-state index in [1.807, 2.05) is 31.2 Å². The van der Waals surface area contributed by atoms with E-state index in [-0.39, 0.29) is 19.1 Å². The van der Waals surface area contributed by atoms with Crippen LogP contribution in [-0.2, 0) is 16.0 Å². The van der Waals surface area contributed by atoms with Crippen LogP contribution in [0.4, 0.5) is 13.2 Å². The molecule has 112 valence electrons. The molecule has 6 heteroatoms. The van der Waals surface area contributed by atoms with Crippen molar-refractivity contribution in [3.8, 4) is 0 Å². The van der Waals surface area contributed by atoms with Gasteiger partial charge in [0.1, 0.15) is 6.61 Å². The van der Waals surface area contributed by atoms with Gasteiger partial charge in [-0.15, -0.1) is 0 Å². The number of aryl methyl sites for hydroxylation is 2. The summed E-state index contributed by atoms with van der Waals surface area (Å²) in [6, 6.07) is 7.83. The Morgan fingerprint density at radius 2 is 2.10 bits per heavy atom. The normalized spacial score (nSPS) is 11.4. The van der Waals surface area contributed by atoms with E-state index in [4.69, 9.17) is 0 Å². The topological polar surface area (TPSA) is 38.3 Å². The van der Waals surface area contributed by atoms with Crippen LogP contribution in [-0.4, -0.2) is 31.8 Å². The van der Waals surface area contributed by atoms with Gasteiger partial charge < -0.3 is 10.1 Å². The van der Waals surface area contributed by atoms with Crippen molar-refractivity contribution in [3.05, 3.63) is 35.4 Å². The van der Waals surface area contributed by atoms with Gasteiger partial charge in [-0.2, -0.15) is 13.2 Å². The predicted molar refractivity (Wildman–Crippen MR) is 69.4 cm³/mol. The molecule has 0 saturated heterocycles. The van der Waals surface area contributed by atoms with Gasteiger partial charge in [0, 0.05) is 13.0 Å². The molecule has 0 fully saturated rings. The molecule has 0 bridgehead atoms. The number of benzene rings is 1. The number of carbonyl (C=O) groups excluding carboxylic acids is 1. The van der Waals surface area contributed by atoms with Gasteiger partial charge in [-0.3, -0.25) is 4.79 Å². The number of rotatable bonds is 7. The molecular weight excluding hydrogens is 271 g/mol. The smallest absolute Gasteiger partial charge is 0.370 e. The van der Waals surface area contributed by atoms with Crippen molar-refractivity contribution < 1.29 is 22.7 Å². The Balaban J connectivity index is 2.12. The van der Waals surface area contributed by atoms with E-state index in [1.165, 1.54) is 0 Å². The Hall–Kier alpha value is -1.56. The molecule has 0 aliphatic heterocycles. The molecule has 0 aromatic heterocycles. The van der Waals surface area contributed by atoms with Gasteiger partial charge in [0.2, 0.25) is 5.91 Å². The summed E-state index contributed by atoms with van der Waals surface area (Å²) in [5, 5.41) is 2.52. The van der Waals surface area contributed by atoms with Gasteiger partial charge in [-0.1, -0.05) is 29.8 Å². The molecule has 1 aromatic rings. The highest BCUT2D eigenvalue weighted by Gasteiger charge is 2.27. The fraction of sp³-hybridized carbons (Fsp3) is 0.500. The fourth-order valence-electron chi connectivity index (χ4n) is 1.66. The van der Waals surface area contributed by atoms with Crippen molar-refractivity contribution >= 4 is 5.91 Å². The van der Waals surface area contributed by atoms with Crippen molar-refractivity contribution in [3.63, 3.8) is 0 Å². The molecule has 0 heterocycles. The summed E-state index contributed by atoms with van der Waals surface area (Å²) < 4.78 is 39.7. The van der Waals surface area contributed by atoms with Crippen molar-refractivity contribution in [2.24, 2.45) is 0 Å². The van der Waals surface area contributed by atoms with E-state index in [9.17, 15) is 18.0 Å². The molecular formula is C14H18F3NO2. The van der Waals surface area contributed by atoms with Crippen molar-refractivity contribution in [2.45, 2.75) is 25.9 Å². The highest BCUT2D eigenvalue weighted by Crippen LogP contribution is 2.13. The third kappa shape index (κ3) is 7.78. The third-order valence-electron chi connectivity index (χ3n) is 2.56. The lowest BCUT2D eigenvalue weighted by molar-refractivity contribution is -0.173. The molecule has 0 radical (unpaired) electrons. The first-order valence-corrected chi connectivity index (χ1v) is 6.33. The zero-order valence-corrected chi connectivity index (χ0v) is 11.3. The second kappa shape index (κ2) is 7.89. The molecule has 0 spiro atoms. The number of ether oxygens (including phenoxy) is 1. The third-order valence-corrected chi connectivity index (χ3v) is 2.56. The lowest BCUT2D eigenvalue weighted by atomic mass is 10.1. The van der Waals surface area contributed by atoms with Crippen LogP contribution in [0.5, 0.6) is 0 Å². The summed E-state index contributed by atoms with van der Waals surface area (Å²) in [6.45, 7) is 0.631. The van der Waals surface area contributed by atoms with Gasteiger partial charge in [-0.05, 0) is 18.9 Å². The molecule has 20 heavy (non-hydrogen) atoms. The van der Waals surface area contributed by atoms with Crippen LogP contribution in [0.15, 0.2) is 24.3 Å². The summed E-state index contributed by atoms with van der Waals surface area (Å²) in [5.41, 5.74) is 2.19. The summed E-state index contributed by atoms with van der Waals surface area (Å²) in [7, 11) is 0. The molecule has 1 rings (SSSR count). The molecule has 1 amide bonds. The Kier molecular flexibility index (Phi) is 6.51. The number of hydrogen-bond donors (Lipinski definition) is 1. The quantitative estimate of drug-likeness (QED) is 0.784. The monoisotopic (exact) mass is 289 g/mol. The molecule has 0 aliphatic carbocycles. The molecule has 1 aromatic carbocycles. The van der Waals surface area contributed by atoms with Crippen LogP contribution < -0.4 is 5.32 Å². The number of amides is 1. The van der Waals surface area contributed by atoms with E-state index >= 15 is 0 Å². The van der Waals surface area contributed by atoms with Crippen LogP contribution in [0.1, 0.15) is 17.5 Å². The van der Waals surface area contributed by atoms with Crippen LogP contribution >= 0.6 is 0 Å². The Morgan fingerprint density at radius 1 is 1.35 bits per heavy atom. The van der Waals surface area contributed by atoms with Crippen LogP contribution in [0.3, 0.4) is 0 Å². The molecule has 0 aliphatic rings. The van der Waals surface area contributed by atoms with Gasteiger partial charge in [0.15, 0.2) is 0 Å². The lowest BCUT2D eigenvalue weighted by Crippen LogP contribution is -2.29. The van der Waals surface area contributed by atoms with Crippen LogP contribution in [0, 0.1) is 6.92 Å². The fourth-order valence-corrected chi connectivity index (χ4v) is 1.66. The summed E-state index contributed by atoms with van der Waals surface area (Å²) in [4.78, 5) is 11.5. The minimum Gasteiger partial charge on any atom is -0.370 e. The number of halogens is 3. The highest BCUT2D eigenvalue weighted by molar-refractivity contribution is 5.76. The largest absolute Gasteiger partial charge is 0.411 e. The standard InChI is InChI=1S/C14H18F3NO2/c1-11-3-2-4-12(9-11)5-6-13(19)18-7-8-20-10-14(15,16)17/h2-4,9H,5-8,10H2,1H3,(H,18,19). The molecule has 0 saturated carbocycles. The molecule has 0 unspecified atom stereocenters. The van der Waals surface area contributed by atoms with Gasteiger partial charge in [-0.25, -0.2) is 0 Å². The van der Waals surface area contributed by atoms with Gasteiger partial charge >= 0.3 is 6.18 Å².